The Kier molecular flexibility index (Phi) is 5.82. The topological polar surface area (TPSA) is 39.1 Å². The van der Waals surface area contributed by atoms with Crippen molar-refractivity contribution >= 4 is 0 Å². The summed E-state index contributed by atoms with van der Waals surface area (Å²) in [5, 5.41) is 3.37. The molecule has 0 saturated carbocycles. The molecule has 1 rings (SSSR count). The van der Waals surface area contributed by atoms with Gasteiger partial charge in [0.25, 0.3) is 0 Å². The van der Waals surface area contributed by atoms with E-state index < -0.39 is 0 Å². The molecule has 18 heavy (non-hydrogen) atoms. The van der Waals surface area contributed by atoms with Gasteiger partial charge < -0.3 is 14.6 Å². The van der Waals surface area contributed by atoms with Crippen LogP contribution in [-0.2, 0) is 17.7 Å². The number of nitrogens with one attached hydrogen (secondary N) is 1. The zero-order valence-corrected chi connectivity index (χ0v) is 12.4. The van der Waals surface area contributed by atoms with Crippen LogP contribution in [0.25, 0.3) is 0 Å². The van der Waals surface area contributed by atoms with Crippen LogP contribution in [-0.4, -0.2) is 35.4 Å². The predicted octanol–water partition coefficient (Wildman–Crippen LogP) is 2.24. The van der Waals surface area contributed by atoms with Gasteiger partial charge in [0, 0.05) is 38.5 Å². The summed E-state index contributed by atoms with van der Waals surface area (Å²) < 4.78 is 7.92. The van der Waals surface area contributed by atoms with Crippen LogP contribution in [0.5, 0.6) is 0 Å². The van der Waals surface area contributed by atoms with Gasteiger partial charge in [0.1, 0.15) is 5.82 Å². The molecule has 1 heterocycles. The van der Waals surface area contributed by atoms with E-state index in [1.807, 2.05) is 13.2 Å². The summed E-state index contributed by atoms with van der Waals surface area (Å²) in [5.41, 5.74) is -0.155. The summed E-state index contributed by atoms with van der Waals surface area (Å²) in [6, 6.07) is 0.269. The summed E-state index contributed by atoms with van der Waals surface area (Å²) >= 11 is 0. The molecule has 0 aliphatic carbocycles. The molecule has 0 spiro atoms. The van der Waals surface area contributed by atoms with Crippen molar-refractivity contribution in [3.63, 3.8) is 0 Å². The normalized spacial score (nSPS) is 16.5. The van der Waals surface area contributed by atoms with E-state index in [4.69, 9.17) is 4.74 Å². The van der Waals surface area contributed by atoms with E-state index in [2.05, 4.69) is 41.8 Å². The van der Waals surface area contributed by atoms with Crippen LogP contribution in [0.2, 0.25) is 0 Å². The van der Waals surface area contributed by atoms with Crippen molar-refractivity contribution < 1.29 is 4.74 Å². The Bertz CT molecular complexity index is 345. The van der Waals surface area contributed by atoms with E-state index in [9.17, 15) is 0 Å². The summed E-state index contributed by atoms with van der Waals surface area (Å²) in [4.78, 5) is 4.47. The molecule has 4 nitrogen and oxygen atoms in total. The standard InChI is InChI=1S/C14H27N3O/c1-6-9-17-10-8-16-13(17)11-12(15-4)14(3,7-2)18-5/h8,10,12,15H,6-7,9,11H2,1-5H3. The molecule has 104 valence electrons. The molecule has 2 unspecified atom stereocenters. The third kappa shape index (κ3) is 3.33. The fraction of sp³-hybridized carbons (Fsp3) is 0.786. The molecular formula is C14H27N3O. The highest BCUT2D eigenvalue weighted by Gasteiger charge is 2.32. The van der Waals surface area contributed by atoms with E-state index in [0.29, 0.717) is 0 Å². The van der Waals surface area contributed by atoms with Gasteiger partial charge in [0.2, 0.25) is 0 Å². The van der Waals surface area contributed by atoms with Gasteiger partial charge in [-0.3, -0.25) is 0 Å². The molecule has 1 aromatic rings. The minimum atomic E-state index is -0.155. The van der Waals surface area contributed by atoms with Crippen molar-refractivity contribution in [3.8, 4) is 0 Å². The molecule has 1 N–H and O–H groups in total. The van der Waals surface area contributed by atoms with E-state index in [1.54, 1.807) is 7.11 Å². The molecule has 0 amide bonds. The largest absolute Gasteiger partial charge is 0.377 e. The Morgan fingerprint density at radius 3 is 2.72 bits per heavy atom. The van der Waals surface area contributed by atoms with Crippen LogP contribution in [0, 0.1) is 0 Å². The molecule has 0 bridgehead atoms. The second kappa shape index (κ2) is 6.90. The van der Waals surface area contributed by atoms with Gasteiger partial charge >= 0.3 is 0 Å². The number of hydrogen-bond acceptors (Lipinski definition) is 3. The maximum absolute atomic E-state index is 5.69. The summed E-state index contributed by atoms with van der Waals surface area (Å²) in [6.07, 6.45) is 6.93. The second-order valence-electron chi connectivity index (χ2n) is 4.95. The van der Waals surface area contributed by atoms with Crippen LogP contribution in [0.3, 0.4) is 0 Å². The molecule has 2 atom stereocenters. The Morgan fingerprint density at radius 2 is 2.22 bits per heavy atom. The predicted molar refractivity (Wildman–Crippen MR) is 74.8 cm³/mol. The highest BCUT2D eigenvalue weighted by atomic mass is 16.5. The van der Waals surface area contributed by atoms with Crippen LogP contribution < -0.4 is 5.32 Å². The van der Waals surface area contributed by atoms with Crippen molar-refractivity contribution in [2.24, 2.45) is 0 Å². The van der Waals surface area contributed by atoms with Crippen LogP contribution >= 0.6 is 0 Å². The Labute approximate surface area is 111 Å². The Morgan fingerprint density at radius 1 is 1.50 bits per heavy atom. The SMILES string of the molecule is CCCn1ccnc1CC(NC)C(C)(CC)OC. The zero-order chi connectivity index (χ0) is 13.6. The first-order valence-corrected chi connectivity index (χ1v) is 6.83. The first kappa shape index (κ1) is 15.2. The lowest BCUT2D eigenvalue weighted by atomic mass is 9.90. The third-order valence-electron chi connectivity index (χ3n) is 3.91. The number of imidazole rings is 1. The van der Waals surface area contributed by atoms with Crippen molar-refractivity contribution in [1.29, 1.82) is 0 Å². The molecule has 0 aliphatic heterocycles. The van der Waals surface area contributed by atoms with Crippen molar-refractivity contribution in [2.75, 3.05) is 14.2 Å². The highest BCUT2D eigenvalue weighted by molar-refractivity contribution is 5.00. The first-order chi connectivity index (χ1) is 8.61. The monoisotopic (exact) mass is 253 g/mol. The van der Waals surface area contributed by atoms with Crippen LogP contribution in [0.15, 0.2) is 12.4 Å². The zero-order valence-electron chi connectivity index (χ0n) is 12.4. The maximum atomic E-state index is 5.69. The number of rotatable bonds is 8. The number of hydrogen-bond donors (Lipinski definition) is 1. The number of nitrogens with zero attached hydrogens (tertiary/aromatic N) is 2. The average molecular weight is 253 g/mol. The minimum absolute atomic E-state index is 0.155. The van der Waals surface area contributed by atoms with Gasteiger partial charge in [0.15, 0.2) is 0 Å². The summed E-state index contributed by atoms with van der Waals surface area (Å²) in [6.45, 7) is 7.53. The van der Waals surface area contributed by atoms with E-state index in [1.165, 1.54) is 0 Å². The second-order valence-corrected chi connectivity index (χ2v) is 4.95. The molecular weight excluding hydrogens is 226 g/mol. The quantitative estimate of drug-likeness (QED) is 0.772. The maximum Gasteiger partial charge on any atom is 0.110 e. The van der Waals surface area contributed by atoms with Gasteiger partial charge in [-0.1, -0.05) is 13.8 Å². The number of ether oxygens (including phenoxy) is 1. The van der Waals surface area contributed by atoms with Gasteiger partial charge in [-0.25, -0.2) is 4.98 Å². The molecule has 4 heteroatoms. The lowest BCUT2D eigenvalue weighted by Crippen LogP contribution is -2.50. The van der Waals surface area contributed by atoms with Crippen LogP contribution in [0.4, 0.5) is 0 Å². The molecule has 1 aromatic heterocycles. The molecule has 0 saturated heterocycles. The average Bonchev–Trinajstić information content (AvgIpc) is 2.83. The highest BCUT2D eigenvalue weighted by Crippen LogP contribution is 2.21. The Hall–Kier alpha value is -0.870. The number of aryl methyl sites for hydroxylation is 1. The van der Waals surface area contributed by atoms with Crippen molar-refractivity contribution in [2.45, 2.75) is 58.2 Å². The summed E-state index contributed by atoms with van der Waals surface area (Å²) in [7, 11) is 3.77. The number of methoxy groups -OCH3 is 1. The van der Waals surface area contributed by atoms with E-state index in [-0.39, 0.29) is 11.6 Å². The fourth-order valence-corrected chi connectivity index (χ4v) is 2.31. The van der Waals surface area contributed by atoms with Gasteiger partial charge in [0.05, 0.1) is 5.60 Å². The fourth-order valence-electron chi connectivity index (χ4n) is 2.31. The number of aromatic nitrogens is 2. The first-order valence-electron chi connectivity index (χ1n) is 6.83. The Balaban J connectivity index is 2.82. The molecule has 0 aliphatic rings. The summed E-state index contributed by atoms with van der Waals surface area (Å²) in [5.74, 6) is 1.13. The molecule has 0 fully saturated rings. The van der Waals surface area contributed by atoms with Crippen LogP contribution in [0.1, 0.15) is 39.4 Å². The lowest BCUT2D eigenvalue weighted by molar-refractivity contribution is -0.0275. The number of likely N-dealkylation sites (N-methyl/N-ethyl adjacent to an activating group) is 1. The lowest BCUT2D eigenvalue weighted by Gasteiger charge is -2.35. The minimum Gasteiger partial charge on any atom is -0.377 e. The van der Waals surface area contributed by atoms with Crippen molar-refractivity contribution in [3.05, 3.63) is 18.2 Å². The van der Waals surface area contributed by atoms with Gasteiger partial charge in [-0.15, -0.1) is 0 Å². The van der Waals surface area contributed by atoms with Crippen molar-refractivity contribution in [1.82, 2.24) is 14.9 Å². The van der Waals surface area contributed by atoms with E-state index in [0.717, 1.165) is 31.6 Å². The third-order valence-corrected chi connectivity index (χ3v) is 3.91. The smallest absolute Gasteiger partial charge is 0.110 e. The van der Waals surface area contributed by atoms with Gasteiger partial charge in [-0.2, -0.15) is 0 Å². The van der Waals surface area contributed by atoms with E-state index >= 15 is 0 Å². The molecule has 0 radical (unpaired) electrons. The molecule has 0 aromatic carbocycles. The van der Waals surface area contributed by atoms with Gasteiger partial charge in [-0.05, 0) is 26.8 Å².